The maximum absolute atomic E-state index is 10.8. The summed E-state index contributed by atoms with van der Waals surface area (Å²) in [5.74, 6) is 1.66. The minimum Gasteiger partial charge on any atom is -0.303 e. The Labute approximate surface area is 158 Å². The topological polar surface area (TPSA) is 47.8 Å². The van der Waals surface area contributed by atoms with E-state index in [9.17, 15) is 4.79 Å². The minimum atomic E-state index is 0.450. The third-order valence-electron chi connectivity index (χ3n) is 4.13. The van der Waals surface area contributed by atoms with Gasteiger partial charge in [0.25, 0.3) is 0 Å². The lowest BCUT2D eigenvalue weighted by Gasteiger charge is -2.10. The summed E-state index contributed by atoms with van der Waals surface area (Å²) in [4.78, 5) is 10.8. The zero-order valence-corrected chi connectivity index (χ0v) is 16.2. The van der Waals surface area contributed by atoms with E-state index in [0.717, 1.165) is 28.7 Å². The van der Waals surface area contributed by atoms with E-state index in [-0.39, 0.29) is 0 Å². The zero-order chi connectivity index (χ0) is 18.5. The summed E-state index contributed by atoms with van der Waals surface area (Å²) >= 11 is 1.67. The molecule has 134 valence electrons. The molecule has 5 heteroatoms. The number of carbonyl (C=O) groups is 1. The van der Waals surface area contributed by atoms with Crippen LogP contribution in [0, 0.1) is 20.8 Å². The van der Waals surface area contributed by atoms with Gasteiger partial charge in [0, 0.05) is 24.3 Å². The molecule has 3 aromatic rings. The van der Waals surface area contributed by atoms with Crippen LogP contribution >= 0.6 is 11.8 Å². The molecule has 0 radical (unpaired) electrons. The van der Waals surface area contributed by atoms with Gasteiger partial charge in [-0.3, -0.25) is 4.57 Å². The monoisotopic (exact) mass is 365 g/mol. The number of aryl methyl sites for hydroxylation is 4. The third-order valence-corrected chi connectivity index (χ3v) is 5.13. The summed E-state index contributed by atoms with van der Waals surface area (Å²) in [6.45, 7) is 6.31. The van der Waals surface area contributed by atoms with Crippen molar-refractivity contribution >= 4 is 18.0 Å². The molecule has 2 aromatic carbocycles. The van der Waals surface area contributed by atoms with Crippen LogP contribution < -0.4 is 0 Å². The molecule has 0 amide bonds. The van der Waals surface area contributed by atoms with Crippen molar-refractivity contribution in [1.29, 1.82) is 0 Å². The lowest BCUT2D eigenvalue weighted by Crippen LogP contribution is -2.03. The number of hydrogen-bond donors (Lipinski definition) is 0. The largest absolute Gasteiger partial charge is 0.303 e. The Morgan fingerprint density at radius 1 is 0.962 bits per heavy atom. The van der Waals surface area contributed by atoms with Gasteiger partial charge < -0.3 is 4.79 Å². The van der Waals surface area contributed by atoms with E-state index in [1.54, 1.807) is 11.8 Å². The molecule has 0 unspecified atom stereocenters. The molecule has 0 saturated heterocycles. The van der Waals surface area contributed by atoms with Gasteiger partial charge in [0.1, 0.15) is 12.1 Å². The second kappa shape index (κ2) is 8.32. The first-order valence-corrected chi connectivity index (χ1v) is 9.70. The summed E-state index contributed by atoms with van der Waals surface area (Å²) in [5, 5.41) is 9.58. The van der Waals surface area contributed by atoms with Crippen molar-refractivity contribution in [3.8, 4) is 5.69 Å². The van der Waals surface area contributed by atoms with Crippen molar-refractivity contribution in [2.45, 2.75) is 44.5 Å². The Hall–Kier alpha value is -2.40. The van der Waals surface area contributed by atoms with E-state index in [4.69, 9.17) is 0 Å². The minimum absolute atomic E-state index is 0.450. The van der Waals surface area contributed by atoms with Crippen LogP contribution in [0.5, 0.6) is 0 Å². The highest BCUT2D eigenvalue weighted by molar-refractivity contribution is 7.98. The molecule has 1 aromatic heterocycles. The van der Waals surface area contributed by atoms with Crippen LogP contribution in [0.25, 0.3) is 5.69 Å². The maximum atomic E-state index is 10.8. The predicted molar refractivity (Wildman–Crippen MR) is 106 cm³/mol. The molecular weight excluding hydrogens is 342 g/mol. The maximum Gasteiger partial charge on any atom is 0.196 e. The van der Waals surface area contributed by atoms with Gasteiger partial charge in [-0.15, -0.1) is 10.2 Å². The first-order valence-electron chi connectivity index (χ1n) is 8.72. The molecule has 0 fully saturated rings. The van der Waals surface area contributed by atoms with E-state index < -0.39 is 0 Å². The standard InChI is InChI=1S/C21H23N3OS/c1-15-6-8-19(9-7-15)24-20(5-4-10-25)22-23-21(24)26-14-18-12-16(2)11-17(3)13-18/h6-13H,4-5,14H2,1-3H3. The van der Waals surface area contributed by atoms with Crippen molar-refractivity contribution in [2.75, 3.05) is 0 Å². The highest BCUT2D eigenvalue weighted by Crippen LogP contribution is 2.26. The second-order valence-corrected chi connectivity index (χ2v) is 7.50. The number of thioether (sulfide) groups is 1. The number of aromatic nitrogens is 3. The molecule has 0 N–H and O–H groups in total. The highest BCUT2D eigenvalue weighted by atomic mass is 32.2. The first-order chi connectivity index (χ1) is 12.6. The second-order valence-electron chi connectivity index (χ2n) is 6.56. The summed E-state index contributed by atoms with van der Waals surface area (Å²) < 4.78 is 2.07. The van der Waals surface area contributed by atoms with Crippen LogP contribution in [-0.2, 0) is 17.0 Å². The Morgan fingerprint density at radius 3 is 2.31 bits per heavy atom. The van der Waals surface area contributed by atoms with Crippen LogP contribution in [0.1, 0.15) is 34.5 Å². The fourth-order valence-electron chi connectivity index (χ4n) is 3.00. The summed E-state index contributed by atoms with van der Waals surface area (Å²) in [5.41, 5.74) is 6.06. The summed E-state index contributed by atoms with van der Waals surface area (Å²) in [6, 6.07) is 14.9. The predicted octanol–water partition coefficient (Wildman–Crippen LogP) is 4.62. The normalized spacial score (nSPS) is 10.9. The van der Waals surface area contributed by atoms with E-state index >= 15 is 0 Å². The molecule has 1 heterocycles. The molecule has 0 aliphatic rings. The highest BCUT2D eigenvalue weighted by Gasteiger charge is 2.14. The number of rotatable bonds is 7. The number of benzene rings is 2. The van der Waals surface area contributed by atoms with Crippen molar-refractivity contribution in [1.82, 2.24) is 14.8 Å². The van der Waals surface area contributed by atoms with Crippen molar-refractivity contribution in [2.24, 2.45) is 0 Å². The Balaban J connectivity index is 1.89. The van der Waals surface area contributed by atoms with Crippen LogP contribution in [0.2, 0.25) is 0 Å². The van der Waals surface area contributed by atoms with Gasteiger partial charge in [-0.25, -0.2) is 0 Å². The van der Waals surface area contributed by atoms with Crippen molar-refractivity contribution in [3.63, 3.8) is 0 Å². The molecule has 3 rings (SSSR count). The molecule has 0 bridgehead atoms. The average Bonchev–Trinajstić information content (AvgIpc) is 3.01. The Bertz CT molecular complexity index is 880. The van der Waals surface area contributed by atoms with Crippen LogP contribution in [0.15, 0.2) is 47.6 Å². The first kappa shape index (κ1) is 18.4. The molecule has 0 saturated carbocycles. The average molecular weight is 366 g/mol. The quantitative estimate of drug-likeness (QED) is 0.453. The van der Waals surface area contributed by atoms with Crippen molar-refractivity contribution in [3.05, 3.63) is 70.5 Å². The Morgan fingerprint density at radius 2 is 1.65 bits per heavy atom. The molecular formula is C21H23N3OS. The van der Waals surface area contributed by atoms with Gasteiger partial charge in [-0.1, -0.05) is 58.8 Å². The fourth-order valence-corrected chi connectivity index (χ4v) is 3.90. The lowest BCUT2D eigenvalue weighted by atomic mass is 10.1. The van der Waals surface area contributed by atoms with Gasteiger partial charge in [0.05, 0.1) is 0 Å². The molecule has 0 aliphatic carbocycles. The molecule has 26 heavy (non-hydrogen) atoms. The third kappa shape index (κ3) is 4.41. The van der Waals surface area contributed by atoms with Gasteiger partial charge in [0.2, 0.25) is 0 Å². The number of hydrogen-bond acceptors (Lipinski definition) is 4. The van der Waals surface area contributed by atoms with E-state index in [1.165, 1.54) is 22.3 Å². The van der Waals surface area contributed by atoms with E-state index in [1.807, 2.05) is 0 Å². The molecule has 0 atom stereocenters. The Kier molecular flexibility index (Phi) is 5.89. The zero-order valence-electron chi connectivity index (χ0n) is 15.4. The van der Waals surface area contributed by atoms with Gasteiger partial charge >= 0.3 is 0 Å². The molecule has 4 nitrogen and oxygen atoms in total. The van der Waals surface area contributed by atoms with Gasteiger partial charge in [0.15, 0.2) is 5.16 Å². The number of nitrogens with zero attached hydrogens (tertiary/aromatic N) is 3. The SMILES string of the molecule is Cc1ccc(-n2c(CCC=O)nnc2SCc2cc(C)cc(C)c2)cc1. The van der Waals surface area contributed by atoms with Gasteiger partial charge in [-0.2, -0.15) is 0 Å². The van der Waals surface area contributed by atoms with Crippen LogP contribution in [0.4, 0.5) is 0 Å². The van der Waals surface area contributed by atoms with Crippen molar-refractivity contribution < 1.29 is 4.79 Å². The number of carbonyl (C=O) groups excluding carboxylic acids is 1. The molecule has 0 spiro atoms. The lowest BCUT2D eigenvalue weighted by molar-refractivity contribution is -0.107. The van der Waals surface area contributed by atoms with Gasteiger partial charge in [-0.05, 0) is 38.5 Å². The summed E-state index contributed by atoms with van der Waals surface area (Å²) in [6.07, 6.45) is 1.97. The number of aldehydes is 1. The van der Waals surface area contributed by atoms with Crippen LogP contribution in [-0.4, -0.2) is 21.1 Å². The fraction of sp³-hybridized carbons (Fsp3) is 0.286. The smallest absolute Gasteiger partial charge is 0.196 e. The van der Waals surface area contributed by atoms with E-state index in [2.05, 4.69) is 78.0 Å². The molecule has 0 aliphatic heterocycles. The van der Waals surface area contributed by atoms with E-state index in [0.29, 0.717) is 12.8 Å². The summed E-state index contributed by atoms with van der Waals surface area (Å²) in [7, 11) is 0. The van der Waals surface area contributed by atoms with Crippen LogP contribution in [0.3, 0.4) is 0 Å².